The number of aliphatic hydroxyl groups is 2. The van der Waals surface area contributed by atoms with Gasteiger partial charge < -0.3 is 10.2 Å². The minimum atomic E-state index is -2.97. The molecule has 2 aromatic rings. The van der Waals surface area contributed by atoms with Gasteiger partial charge in [-0.1, -0.05) is 0 Å². The number of hydrogen-bond acceptors (Lipinski definition) is 7. The Morgan fingerprint density at radius 1 is 0.923 bits per heavy atom. The number of fused-ring (bicyclic) bond motifs is 2. The SMILES string of the molecule is Cc1nn(CCO)c2c1CS(=O)(=O)C2.Cc1nn(CCO)c2c1CSC2. The molecule has 0 saturated carbocycles. The zero-order valence-corrected chi connectivity index (χ0v) is 16.6. The average Bonchev–Trinajstić information content (AvgIpc) is 3.29. The van der Waals surface area contributed by atoms with Gasteiger partial charge in [0.1, 0.15) is 0 Å². The van der Waals surface area contributed by atoms with Gasteiger partial charge in [-0.15, -0.1) is 0 Å². The molecule has 26 heavy (non-hydrogen) atoms. The maximum Gasteiger partial charge on any atom is 0.160 e. The number of aryl methyl sites for hydroxylation is 2. The highest BCUT2D eigenvalue weighted by molar-refractivity contribution is 7.98. The number of sulfone groups is 1. The molecule has 0 radical (unpaired) electrons. The van der Waals surface area contributed by atoms with Gasteiger partial charge in [0.2, 0.25) is 0 Å². The van der Waals surface area contributed by atoms with E-state index in [0.29, 0.717) is 13.1 Å². The molecule has 0 aromatic carbocycles. The topological polar surface area (TPSA) is 110 Å². The molecular formula is C16H24N4O4S2. The van der Waals surface area contributed by atoms with Crippen molar-refractivity contribution < 1.29 is 18.6 Å². The molecule has 0 aliphatic carbocycles. The molecule has 0 amide bonds. The predicted octanol–water partition coefficient (Wildman–Crippen LogP) is 0.543. The van der Waals surface area contributed by atoms with Crippen LogP contribution in [0.25, 0.3) is 0 Å². The number of aliphatic hydroxyl groups excluding tert-OH is 2. The normalized spacial score (nSPS) is 16.9. The van der Waals surface area contributed by atoms with Gasteiger partial charge in [-0.3, -0.25) is 9.36 Å². The van der Waals surface area contributed by atoms with E-state index in [9.17, 15) is 8.42 Å². The van der Waals surface area contributed by atoms with Gasteiger partial charge in [-0.25, -0.2) is 8.42 Å². The lowest BCUT2D eigenvalue weighted by atomic mass is 10.2. The third kappa shape index (κ3) is 3.83. The molecule has 4 heterocycles. The van der Waals surface area contributed by atoms with Crippen LogP contribution in [0.2, 0.25) is 0 Å². The summed E-state index contributed by atoms with van der Waals surface area (Å²) in [5, 5.41) is 26.1. The predicted molar refractivity (Wildman–Crippen MR) is 99.4 cm³/mol. The van der Waals surface area contributed by atoms with E-state index in [4.69, 9.17) is 10.2 Å². The molecule has 144 valence electrons. The molecule has 2 aliphatic rings. The summed E-state index contributed by atoms with van der Waals surface area (Å²) in [6.07, 6.45) is 0. The van der Waals surface area contributed by atoms with Crippen LogP contribution in [0.4, 0.5) is 0 Å². The number of nitrogens with zero attached hydrogens (tertiary/aromatic N) is 4. The van der Waals surface area contributed by atoms with Crippen LogP contribution in [0.5, 0.6) is 0 Å². The molecule has 8 nitrogen and oxygen atoms in total. The van der Waals surface area contributed by atoms with Crippen LogP contribution in [0.1, 0.15) is 33.9 Å². The van der Waals surface area contributed by atoms with Gasteiger partial charge >= 0.3 is 0 Å². The summed E-state index contributed by atoms with van der Waals surface area (Å²) < 4.78 is 26.2. The largest absolute Gasteiger partial charge is 0.394 e. The number of thioether (sulfide) groups is 1. The van der Waals surface area contributed by atoms with Crippen molar-refractivity contribution in [1.29, 1.82) is 0 Å². The van der Waals surface area contributed by atoms with E-state index in [0.717, 1.165) is 34.2 Å². The van der Waals surface area contributed by atoms with Crippen molar-refractivity contribution in [3.05, 3.63) is 33.9 Å². The molecule has 0 spiro atoms. The van der Waals surface area contributed by atoms with Gasteiger partial charge in [0.05, 0.1) is 60.6 Å². The van der Waals surface area contributed by atoms with Crippen molar-refractivity contribution in [3.8, 4) is 0 Å². The molecular weight excluding hydrogens is 376 g/mol. The van der Waals surface area contributed by atoms with Crippen LogP contribution in [0.15, 0.2) is 0 Å². The highest BCUT2D eigenvalue weighted by Gasteiger charge is 2.30. The Balaban J connectivity index is 0.000000152. The fourth-order valence-electron chi connectivity index (χ4n) is 3.32. The van der Waals surface area contributed by atoms with E-state index >= 15 is 0 Å². The fraction of sp³-hybridized carbons (Fsp3) is 0.625. The Labute approximate surface area is 157 Å². The Morgan fingerprint density at radius 3 is 2.12 bits per heavy atom. The van der Waals surface area contributed by atoms with Crippen LogP contribution in [0.3, 0.4) is 0 Å². The minimum absolute atomic E-state index is 0.0202. The maximum atomic E-state index is 11.4. The van der Waals surface area contributed by atoms with Crippen molar-refractivity contribution in [1.82, 2.24) is 19.6 Å². The second kappa shape index (κ2) is 7.71. The maximum absolute atomic E-state index is 11.4. The monoisotopic (exact) mass is 400 g/mol. The van der Waals surface area contributed by atoms with Crippen molar-refractivity contribution in [3.63, 3.8) is 0 Å². The average molecular weight is 401 g/mol. The van der Waals surface area contributed by atoms with E-state index in [-0.39, 0.29) is 24.7 Å². The minimum Gasteiger partial charge on any atom is -0.394 e. The van der Waals surface area contributed by atoms with Crippen molar-refractivity contribution in [2.75, 3.05) is 13.2 Å². The van der Waals surface area contributed by atoms with Gasteiger partial charge in [0, 0.05) is 22.6 Å². The second-order valence-corrected chi connectivity index (χ2v) is 9.49. The molecule has 4 rings (SSSR count). The smallest absolute Gasteiger partial charge is 0.160 e. The molecule has 0 unspecified atom stereocenters. The van der Waals surface area contributed by atoms with Crippen molar-refractivity contribution in [2.24, 2.45) is 0 Å². The Morgan fingerprint density at radius 2 is 1.50 bits per heavy atom. The summed E-state index contributed by atoms with van der Waals surface area (Å²) in [4.78, 5) is 0. The molecule has 2 N–H and O–H groups in total. The first kappa shape index (κ1) is 19.4. The lowest BCUT2D eigenvalue weighted by molar-refractivity contribution is 0.267. The third-order valence-electron chi connectivity index (χ3n) is 4.56. The van der Waals surface area contributed by atoms with E-state index in [2.05, 4.69) is 10.2 Å². The molecule has 0 bridgehead atoms. The van der Waals surface area contributed by atoms with Crippen LogP contribution in [-0.4, -0.2) is 51.4 Å². The summed E-state index contributed by atoms with van der Waals surface area (Å²) in [5.41, 5.74) is 6.15. The summed E-state index contributed by atoms with van der Waals surface area (Å²) in [6.45, 7) is 5.00. The standard InChI is InChI=1S/C8H12N2O3S.C8H12N2OS/c1-6-7-4-14(12,13)5-8(7)10(9-6)2-3-11;1-6-7-4-12-5-8(7)10(9-6)2-3-11/h11H,2-5H2,1H3;11H,2-5H2,1H3. The van der Waals surface area contributed by atoms with Gasteiger partial charge in [0.25, 0.3) is 0 Å². The summed E-state index contributed by atoms with van der Waals surface area (Å²) in [7, 11) is -2.97. The number of rotatable bonds is 4. The lowest BCUT2D eigenvalue weighted by Crippen LogP contribution is -2.09. The number of hydrogen-bond donors (Lipinski definition) is 2. The van der Waals surface area contributed by atoms with Gasteiger partial charge in [0.15, 0.2) is 9.84 Å². The molecule has 2 aliphatic heterocycles. The first-order valence-electron chi connectivity index (χ1n) is 8.46. The highest BCUT2D eigenvalue weighted by Crippen LogP contribution is 2.31. The van der Waals surface area contributed by atoms with Crippen molar-refractivity contribution >= 4 is 21.6 Å². The summed E-state index contributed by atoms with van der Waals surface area (Å²) in [5.74, 6) is 2.30. The Kier molecular flexibility index (Phi) is 5.75. The highest BCUT2D eigenvalue weighted by atomic mass is 32.2. The molecule has 0 saturated heterocycles. The van der Waals surface area contributed by atoms with Crippen LogP contribution in [0, 0.1) is 13.8 Å². The summed E-state index contributed by atoms with van der Waals surface area (Å²) >= 11 is 1.92. The van der Waals surface area contributed by atoms with Crippen LogP contribution < -0.4 is 0 Å². The van der Waals surface area contributed by atoms with Crippen LogP contribution in [-0.2, 0) is 45.9 Å². The molecule has 2 aromatic heterocycles. The molecule has 0 atom stereocenters. The van der Waals surface area contributed by atoms with Crippen molar-refractivity contribution in [2.45, 2.75) is 49.9 Å². The van der Waals surface area contributed by atoms with E-state index < -0.39 is 9.84 Å². The first-order valence-corrected chi connectivity index (χ1v) is 11.4. The van der Waals surface area contributed by atoms with Crippen LogP contribution >= 0.6 is 11.8 Å². The fourth-order valence-corrected chi connectivity index (χ4v) is 6.18. The second-order valence-electron chi connectivity index (χ2n) is 6.44. The van der Waals surface area contributed by atoms with E-state index in [1.165, 1.54) is 11.3 Å². The first-order chi connectivity index (χ1) is 12.4. The molecule has 10 heteroatoms. The Bertz CT molecular complexity index is 902. The molecule has 0 fully saturated rings. The quantitative estimate of drug-likeness (QED) is 0.771. The summed E-state index contributed by atoms with van der Waals surface area (Å²) in [6, 6.07) is 0. The number of aromatic nitrogens is 4. The zero-order valence-electron chi connectivity index (χ0n) is 15.0. The van der Waals surface area contributed by atoms with E-state index in [1.54, 1.807) is 11.6 Å². The zero-order chi connectivity index (χ0) is 18.9. The third-order valence-corrected chi connectivity index (χ3v) is 6.98. The van der Waals surface area contributed by atoms with Gasteiger partial charge in [-0.2, -0.15) is 22.0 Å². The lowest BCUT2D eigenvalue weighted by Gasteiger charge is -2.01. The van der Waals surface area contributed by atoms with E-state index in [1.807, 2.05) is 23.4 Å². The van der Waals surface area contributed by atoms with Gasteiger partial charge in [-0.05, 0) is 13.8 Å². The Hall–Kier alpha value is -1.36.